The molecule has 2 amide bonds. The summed E-state index contributed by atoms with van der Waals surface area (Å²) in [6.07, 6.45) is 1.85. The fourth-order valence-corrected chi connectivity index (χ4v) is 5.75. The predicted octanol–water partition coefficient (Wildman–Crippen LogP) is 2.28. The Morgan fingerprint density at radius 1 is 1.08 bits per heavy atom. The minimum Gasteiger partial charge on any atom is -0.394 e. The largest absolute Gasteiger partial charge is 0.394 e. The average Bonchev–Trinajstić information content (AvgIpc) is 3.20. The maximum absolute atomic E-state index is 13.4. The molecular weight excluding hydrogens is 504 g/mol. The highest BCUT2D eigenvalue weighted by Crippen LogP contribution is 2.31. The van der Waals surface area contributed by atoms with Crippen molar-refractivity contribution < 1.29 is 23.1 Å². The van der Waals surface area contributed by atoms with E-state index in [2.05, 4.69) is 11.0 Å². The van der Waals surface area contributed by atoms with E-state index in [1.807, 2.05) is 20.8 Å². The van der Waals surface area contributed by atoms with Crippen LogP contribution in [0.2, 0.25) is 0 Å². The number of aliphatic hydroxyl groups is 1. The van der Waals surface area contributed by atoms with Gasteiger partial charge in [-0.2, -0.15) is 0 Å². The quantitative estimate of drug-likeness (QED) is 0.624. The molecule has 4 rings (SSSR count). The molecule has 0 radical (unpaired) electrons. The molecule has 1 N–H and O–H groups in total. The fraction of sp³-hybridized carbons (Fsp3) is 0.480. The number of rotatable bonds is 5. The molecule has 2 saturated heterocycles. The van der Waals surface area contributed by atoms with Crippen molar-refractivity contribution in [3.8, 4) is 0 Å². The number of aryl methyl sites for hydroxylation is 3. The van der Waals surface area contributed by atoms with E-state index in [9.17, 15) is 23.1 Å². The van der Waals surface area contributed by atoms with E-state index >= 15 is 0 Å². The third-order valence-corrected chi connectivity index (χ3v) is 8.04. The fourth-order valence-electron chi connectivity index (χ4n) is 4.86. The van der Waals surface area contributed by atoms with Crippen LogP contribution >= 0.6 is 12.4 Å². The first-order valence-corrected chi connectivity index (χ1v) is 13.7. The molecule has 2 fully saturated rings. The number of piperazine rings is 1. The molecule has 36 heavy (non-hydrogen) atoms. The SMILES string of the molecule is Cc1cc(C)c(N2CCN(C(=O)c3ccc(N4C(=O)CC[C@H]4CO)cc3S(C)(=O)=O)CC2)nc1C.Cl. The lowest BCUT2D eigenvalue weighted by atomic mass is 10.1. The molecule has 11 heteroatoms. The van der Waals surface area contributed by atoms with Crippen LogP contribution in [0.1, 0.15) is 40.0 Å². The van der Waals surface area contributed by atoms with E-state index in [1.165, 1.54) is 17.0 Å². The van der Waals surface area contributed by atoms with Gasteiger partial charge in [0, 0.05) is 50.2 Å². The molecule has 1 aromatic heterocycles. The molecular formula is C25H33ClN4O5S. The van der Waals surface area contributed by atoms with Crippen LogP contribution in [-0.4, -0.2) is 80.3 Å². The minimum atomic E-state index is -3.75. The first-order valence-electron chi connectivity index (χ1n) is 11.8. The lowest BCUT2D eigenvalue weighted by molar-refractivity contribution is -0.117. The summed E-state index contributed by atoms with van der Waals surface area (Å²) in [5.74, 6) is 0.386. The van der Waals surface area contributed by atoms with Crippen LogP contribution in [0, 0.1) is 20.8 Å². The maximum atomic E-state index is 13.4. The third-order valence-electron chi connectivity index (χ3n) is 6.91. The van der Waals surface area contributed by atoms with Gasteiger partial charge in [0.2, 0.25) is 5.91 Å². The zero-order valence-electron chi connectivity index (χ0n) is 21.0. The van der Waals surface area contributed by atoms with Crippen LogP contribution in [0.25, 0.3) is 0 Å². The minimum absolute atomic E-state index is 0. The summed E-state index contributed by atoms with van der Waals surface area (Å²) >= 11 is 0. The molecule has 0 aliphatic carbocycles. The van der Waals surface area contributed by atoms with E-state index in [-0.39, 0.29) is 41.3 Å². The van der Waals surface area contributed by atoms with Crippen molar-refractivity contribution >= 4 is 45.6 Å². The molecule has 1 aromatic carbocycles. The average molecular weight is 537 g/mol. The zero-order chi connectivity index (χ0) is 25.5. The number of sulfone groups is 1. The third kappa shape index (κ3) is 5.35. The summed E-state index contributed by atoms with van der Waals surface area (Å²) in [4.78, 5) is 35.6. The van der Waals surface area contributed by atoms with Gasteiger partial charge in [0.25, 0.3) is 5.91 Å². The lowest BCUT2D eigenvalue weighted by Crippen LogP contribution is -2.49. The van der Waals surface area contributed by atoms with Gasteiger partial charge in [0.1, 0.15) is 5.82 Å². The van der Waals surface area contributed by atoms with Gasteiger partial charge < -0.3 is 19.8 Å². The zero-order valence-corrected chi connectivity index (χ0v) is 22.7. The summed E-state index contributed by atoms with van der Waals surface area (Å²) in [7, 11) is -3.75. The number of hydrogen-bond acceptors (Lipinski definition) is 7. The summed E-state index contributed by atoms with van der Waals surface area (Å²) in [6.45, 7) is 7.89. The topological polar surface area (TPSA) is 111 Å². The van der Waals surface area contributed by atoms with Crippen molar-refractivity contribution in [3.63, 3.8) is 0 Å². The Hall–Kier alpha value is -2.69. The van der Waals surface area contributed by atoms with Crippen molar-refractivity contribution in [1.29, 1.82) is 0 Å². The second kappa shape index (κ2) is 10.7. The molecule has 0 spiro atoms. The van der Waals surface area contributed by atoms with Gasteiger partial charge in [0.15, 0.2) is 9.84 Å². The van der Waals surface area contributed by atoms with Gasteiger partial charge in [-0.3, -0.25) is 9.59 Å². The van der Waals surface area contributed by atoms with Gasteiger partial charge in [-0.25, -0.2) is 13.4 Å². The number of anilines is 2. The summed E-state index contributed by atoms with van der Waals surface area (Å²) in [5, 5.41) is 9.63. The predicted molar refractivity (Wildman–Crippen MR) is 141 cm³/mol. The van der Waals surface area contributed by atoms with E-state index < -0.39 is 15.9 Å². The van der Waals surface area contributed by atoms with Crippen LogP contribution in [0.3, 0.4) is 0 Å². The number of halogens is 1. The number of amides is 2. The Bertz CT molecular complexity index is 1280. The van der Waals surface area contributed by atoms with Crippen LogP contribution < -0.4 is 9.80 Å². The van der Waals surface area contributed by atoms with Gasteiger partial charge in [-0.05, 0) is 56.5 Å². The van der Waals surface area contributed by atoms with Crippen molar-refractivity contribution in [1.82, 2.24) is 9.88 Å². The summed E-state index contributed by atoms with van der Waals surface area (Å²) in [5.41, 5.74) is 3.67. The van der Waals surface area contributed by atoms with E-state index in [1.54, 1.807) is 11.0 Å². The van der Waals surface area contributed by atoms with Gasteiger partial charge >= 0.3 is 0 Å². The number of hydrogen-bond donors (Lipinski definition) is 1. The van der Waals surface area contributed by atoms with Crippen molar-refractivity contribution in [2.24, 2.45) is 0 Å². The number of carbonyl (C=O) groups excluding carboxylic acids is 2. The highest BCUT2D eigenvalue weighted by Gasteiger charge is 2.34. The molecule has 1 atom stereocenters. The standard InChI is InChI=1S/C25H32N4O5S.ClH/c1-16-13-17(2)24(26-18(16)3)27-9-11-28(12-10-27)25(32)21-7-5-19(14-22(21)35(4,33)34)29-20(15-30)6-8-23(29)31;/h5,7,13-14,20,30H,6,8-12,15H2,1-4H3;1H/t20-;/m0./s1. The van der Waals surface area contributed by atoms with Crippen LogP contribution in [0.15, 0.2) is 29.2 Å². The Kier molecular flexibility index (Phi) is 8.32. The molecule has 0 saturated carbocycles. The first kappa shape index (κ1) is 27.9. The molecule has 2 aliphatic rings. The van der Waals surface area contributed by atoms with Gasteiger partial charge in [-0.1, -0.05) is 6.07 Å². The second-order valence-corrected chi connectivity index (χ2v) is 11.4. The summed E-state index contributed by atoms with van der Waals surface area (Å²) in [6, 6.07) is 6.17. The molecule has 3 heterocycles. The molecule has 2 aromatic rings. The Labute approximate surface area is 218 Å². The Morgan fingerprint density at radius 2 is 1.75 bits per heavy atom. The normalized spacial score (nSPS) is 18.4. The maximum Gasteiger partial charge on any atom is 0.255 e. The number of benzene rings is 1. The van der Waals surface area contributed by atoms with Crippen molar-refractivity contribution in [2.75, 3.05) is 48.8 Å². The Morgan fingerprint density at radius 3 is 2.36 bits per heavy atom. The molecule has 196 valence electrons. The van der Waals surface area contributed by atoms with E-state index in [4.69, 9.17) is 4.98 Å². The highest BCUT2D eigenvalue weighted by atomic mass is 35.5. The number of aliphatic hydroxyl groups excluding tert-OH is 1. The van der Waals surface area contributed by atoms with Gasteiger partial charge in [-0.15, -0.1) is 12.4 Å². The number of pyridine rings is 1. The van der Waals surface area contributed by atoms with E-state index in [0.29, 0.717) is 44.7 Å². The van der Waals surface area contributed by atoms with Crippen molar-refractivity contribution in [2.45, 2.75) is 44.6 Å². The number of nitrogens with zero attached hydrogens (tertiary/aromatic N) is 4. The lowest BCUT2D eigenvalue weighted by Gasteiger charge is -2.36. The first-order chi connectivity index (χ1) is 16.5. The molecule has 0 bridgehead atoms. The second-order valence-electron chi connectivity index (χ2n) is 9.40. The molecule has 2 aliphatic heterocycles. The number of aromatic nitrogens is 1. The van der Waals surface area contributed by atoms with Crippen LogP contribution in [-0.2, 0) is 14.6 Å². The smallest absolute Gasteiger partial charge is 0.255 e. The Balaban J connectivity index is 0.00000361. The van der Waals surface area contributed by atoms with E-state index in [0.717, 1.165) is 28.9 Å². The van der Waals surface area contributed by atoms with Crippen LogP contribution in [0.4, 0.5) is 11.5 Å². The summed E-state index contributed by atoms with van der Waals surface area (Å²) < 4.78 is 25.3. The van der Waals surface area contributed by atoms with Crippen LogP contribution in [0.5, 0.6) is 0 Å². The van der Waals surface area contributed by atoms with Gasteiger partial charge in [0.05, 0.1) is 23.1 Å². The monoisotopic (exact) mass is 536 g/mol. The highest BCUT2D eigenvalue weighted by molar-refractivity contribution is 7.90. The molecule has 0 unspecified atom stereocenters. The molecule has 9 nitrogen and oxygen atoms in total. The van der Waals surface area contributed by atoms with Crippen molar-refractivity contribution in [3.05, 3.63) is 46.6 Å². The number of carbonyl (C=O) groups is 2.